The molecule has 7 heterocycles. The molecule has 15 rings (SSSR count). The number of benzene rings is 7. The molecule has 14 N–H and O–H groups in total. The number of nitrogens with one attached hydrogen (secondary N) is 3. The number of hydrogen-bond acceptors (Lipinski definition) is 17. The van der Waals surface area contributed by atoms with Crippen LogP contribution < -0.4 is 42.5 Å². The number of piperidine rings is 1. The number of nitrogens with zero attached hydrogens (tertiary/aromatic N) is 7. The van der Waals surface area contributed by atoms with Crippen molar-refractivity contribution in [3.63, 3.8) is 0 Å². The van der Waals surface area contributed by atoms with Gasteiger partial charge >= 0.3 is 29.8 Å². The first kappa shape index (κ1) is 76.2. The Morgan fingerprint density at radius 1 is 0.598 bits per heavy atom. The van der Waals surface area contributed by atoms with Crippen LogP contribution in [0.4, 0.5) is 17.1 Å². The van der Waals surface area contributed by atoms with Crippen LogP contribution in [0.15, 0.2) is 199 Å². The minimum absolute atomic E-state index is 0.0600. The van der Waals surface area contributed by atoms with E-state index >= 15 is 0 Å². The fourth-order valence-electron chi connectivity index (χ4n) is 14.7. The number of aliphatic imine (C=N–C) groups is 1. The topological polar surface area (TPSA) is 422 Å². The molecule has 7 aromatic carbocycles. The Bertz CT molecular complexity index is 4620. The average molecular weight is 1460 g/mol. The Kier molecular flexibility index (Phi) is 24.1. The molecule has 28 heteroatoms. The first-order valence-electron chi connectivity index (χ1n) is 35.1. The van der Waals surface area contributed by atoms with Gasteiger partial charge < -0.3 is 78.0 Å². The second kappa shape index (κ2) is 33.9. The van der Waals surface area contributed by atoms with Crippen molar-refractivity contribution in [2.45, 2.75) is 92.8 Å². The molecule has 1 aromatic heterocycles. The van der Waals surface area contributed by atoms with Crippen molar-refractivity contribution in [2.24, 2.45) is 22.2 Å². The Labute approximate surface area is 616 Å². The maximum absolute atomic E-state index is 12.9. The van der Waals surface area contributed by atoms with Gasteiger partial charge in [-0.25, -0.2) is 4.79 Å². The smallest absolute Gasteiger partial charge is 0.326 e. The molecule has 3 unspecified atom stereocenters. The number of carbonyl (C=O) groups excluding carboxylic acids is 5. The van der Waals surface area contributed by atoms with Gasteiger partial charge in [-0.1, -0.05) is 158 Å². The first-order valence-corrected chi connectivity index (χ1v) is 35.1. The van der Waals surface area contributed by atoms with Crippen molar-refractivity contribution in [1.29, 1.82) is 0 Å². The van der Waals surface area contributed by atoms with Crippen LogP contribution in [0.25, 0.3) is 10.9 Å². The van der Waals surface area contributed by atoms with Crippen LogP contribution in [0.5, 0.6) is 0 Å². The quantitative estimate of drug-likeness (QED) is 0.0670. The molecule has 8 aromatic rings. The lowest BCUT2D eigenvalue weighted by Gasteiger charge is -2.40. The summed E-state index contributed by atoms with van der Waals surface area (Å²) in [7, 11) is 0. The molecule has 6 aliphatic heterocycles. The first-order chi connectivity index (χ1) is 51.4. The number of nitrogens with two attached hydrogens (primary N) is 3. The van der Waals surface area contributed by atoms with E-state index < -0.39 is 78.2 Å². The van der Waals surface area contributed by atoms with Crippen LogP contribution in [-0.4, -0.2) is 211 Å². The Hall–Kier alpha value is -12.0. The molecule has 107 heavy (non-hydrogen) atoms. The Balaban J connectivity index is 0.000000134. The number of piperazine rings is 1. The number of aromatic amines is 1. The van der Waals surface area contributed by atoms with E-state index in [0.29, 0.717) is 106 Å². The highest BCUT2D eigenvalue weighted by molar-refractivity contribution is 6.20. The van der Waals surface area contributed by atoms with Crippen LogP contribution in [-0.2, 0) is 68.8 Å². The predicted octanol–water partition coefficient (Wildman–Crippen LogP) is 4.56. The second-order valence-corrected chi connectivity index (χ2v) is 27.0. The zero-order chi connectivity index (χ0) is 76.1. The number of carbonyl (C=O) groups is 10. The van der Waals surface area contributed by atoms with Crippen molar-refractivity contribution >= 4 is 93.1 Å². The number of aryl methyl sites for hydroxylation is 1. The van der Waals surface area contributed by atoms with Crippen molar-refractivity contribution in [2.75, 3.05) is 73.7 Å². The molecule has 0 radical (unpaired) electrons. The summed E-state index contributed by atoms with van der Waals surface area (Å²) >= 11 is 0. The maximum atomic E-state index is 12.9. The highest BCUT2D eigenvalue weighted by atomic mass is 16.4. The molecule has 6 atom stereocenters. The molecule has 28 nitrogen and oxygen atoms in total. The van der Waals surface area contributed by atoms with Crippen LogP contribution in [0.1, 0.15) is 69.6 Å². The third-order valence-corrected chi connectivity index (χ3v) is 20.0. The van der Waals surface area contributed by atoms with Crippen LogP contribution >= 0.6 is 0 Å². The second-order valence-electron chi connectivity index (χ2n) is 27.0. The number of carboxylic acid groups (broad SMARTS) is 5. The zero-order valence-electron chi connectivity index (χ0n) is 58.6. The number of amides is 5. The number of anilines is 3. The molecule has 0 saturated carbocycles. The lowest BCUT2D eigenvalue weighted by atomic mass is 9.80. The van der Waals surface area contributed by atoms with Gasteiger partial charge in [0.15, 0.2) is 6.17 Å². The van der Waals surface area contributed by atoms with Crippen molar-refractivity contribution < 1.29 is 73.5 Å². The molecule has 1 spiro atoms. The predicted molar refractivity (Wildman–Crippen MR) is 398 cm³/mol. The van der Waals surface area contributed by atoms with Crippen molar-refractivity contribution in [3.05, 3.63) is 233 Å². The molecule has 4 fully saturated rings. The fourth-order valence-corrected chi connectivity index (χ4v) is 14.7. The van der Waals surface area contributed by atoms with E-state index in [1.807, 2.05) is 152 Å². The number of H-pyrrole nitrogens is 1. The standard InChI is InChI=1S/C20H22N2O3.C17H15N3O3.C15H19N3O3.C14H15N3O4.C13H14N2O2/c23-19-17(13-15-7-3-1-4-8-15)21-11-12-22(19)18(20(24)25)14-16-9-5-2-6-10-16;18-16-17(23)20(10-14(21)22)13-9-5-4-8-12(13)15(19-16)11-6-2-1-3-7-11;19-13(20)10-17-11-18(12-4-2-1-3-5-12)15(14(17)21)6-8-16-9-7-15;15-8-5-11-14(21)17(7-12(18)19)10-4-2-1-3-9(10)13(20)16(11)6-8;14-13(12(16)17)6-5-11-9(7-13)8-3-1-2-4-10(8)15-11/h1-10,17-18,21H,11-14H2,(H,24,25);1-9,16H,10,18H2,(H,21,22);1-5,16H,6-11H2,(H,19,20);1-4,8,11H,5-7,15H2,(H,18,19);1-4,15H,5-7,14H2,(H,16,17)/t17-,18-;;;8-,11?;/m0..0./s1. The summed E-state index contributed by atoms with van der Waals surface area (Å²) in [6, 6.07) is 57.8. The Morgan fingerprint density at radius 2 is 1.15 bits per heavy atom. The summed E-state index contributed by atoms with van der Waals surface area (Å²) in [5, 5.41) is 53.6. The number of carboxylic acids is 5. The fraction of sp³-hybridized carbons (Fsp3) is 0.304. The number of aliphatic carboxylic acids is 5. The highest BCUT2D eigenvalue weighted by Crippen LogP contribution is 2.39. The minimum Gasteiger partial charge on any atom is -0.480 e. The number of benzodiazepines with no additional fused rings is 1. The number of fused-ring (bicyclic) bond motifs is 6. The molecular formula is C79H85N13O15. The van der Waals surface area contributed by atoms with Crippen LogP contribution in [0.2, 0.25) is 0 Å². The van der Waals surface area contributed by atoms with Gasteiger partial charge in [0.05, 0.1) is 35.4 Å². The van der Waals surface area contributed by atoms with Crippen molar-refractivity contribution in [3.8, 4) is 0 Å². The van der Waals surface area contributed by atoms with Gasteiger partial charge in [-0.15, -0.1) is 0 Å². The van der Waals surface area contributed by atoms with Gasteiger partial charge in [0.25, 0.3) is 17.7 Å². The van der Waals surface area contributed by atoms with E-state index in [1.54, 1.807) is 42.5 Å². The van der Waals surface area contributed by atoms with E-state index in [2.05, 4.69) is 25.5 Å². The molecular weight excluding hydrogens is 1370 g/mol. The zero-order valence-corrected chi connectivity index (χ0v) is 58.6. The summed E-state index contributed by atoms with van der Waals surface area (Å²) in [4.78, 5) is 136. The summed E-state index contributed by atoms with van der Waals surface area (Å²) in [6.45, 7) is 2.04. The molecule has 7 aliphatic rings. The SMILES string of the molecule is NC1(C(=O)O)CCc2[nH]c3ccccc3c2C1.NC1N=C(c2ccccc2)c2ccccc2N(CC(=O)O)C1=O.N[C@H]1CC2C(=O)N(CC(=O)O)c3ccccc3C(=O)N2C1.O=C(O)CN1CN(c2ccccc2)C2(CCNCC2)C1=O.O=C(O)[C@H](Cc1ccccc1)N1CCN[C@@H](Cc2ccccc2)C1=O. The summed E-state index contributed by atoms with van der Waals surface area (Å²) in [6.07, 6.45) is 3.10. The van der Waals surface area contributed by atoms with E-state index in [1.165, 1.54) is 19.6 Å². The number of hydrogen-bond donors (Lipinski definition) is 11. The van der Waals surface area contributed by atoms with Gasteiger partial charge in [-0.3, -0.25) is 57.9 Å². The molecule has 5 amide bonds. The lowest BCUT2D eigenvalue weighted by molar-refractivity contribution is -0.152. The largest absolute Gasteiger partial charge is 0.480 e. The van der Waals surface area contributed by atoms with E-state index in [0.717, 1.165) is 62.5 Å². The van der Waals surface area contributed by atoms with E-state index in [4.69, 9.17) is 32.5 Å². The average Bonchev–Trinajstić information content (AvgIpc) is 1.62. The molecule has 4 saturated heterocycles. The Morgan fingerprint density at radius 3 is 1.77 bits per heavy atom. The molecule has 1 aliphatic carbocycles. The van der Waals surface area contributed by atoms with E-state index in [-0.39, 0.29) is 42.3 Å². The van der Waals surface area contributed by atoms with Gasteiger partial charge in [0, 0.05) is 71.9 Å². The van der Waals surface area contributed by atoms with Gasteiger partial charge in [0.2, 0.25) is 11.8 Å². The molecule has 556 valence electrons. The normalized spacial score (nSPS) is 20.8. The summed E-state index contributed by atoms with van der Waals surface area (Å²) in [5.41, 5.74) is 25.5. The monoisotopic (exact) mass is 1460 g/mol. The van der Waals surface area contributed by atoms with Gasteiger partial charge in [-0.05, 0) is 105 Å². The van der Waals surface area contributed by atoms with Crippen molar-refractivity contribution in [1.82, 2.24) is 30.3 Å². The number of para-hydroxylation sites is 4. The summed E-state index contributed by atoms with van der Waals surface area (Å²) in [5.74, 6) is -6.47. The summed E-state index contributed by atoms with van der Waals surface area (Å²) < 4.78 is 0. The minimum atomic E-state index is -1.14. The third-order valence-electron chi connectivity index (χ3n) is 20.0. The highest BCUT2D eigenvalue weighted by Gasteiger charge is 2.53. The third kappa shape index (κ3) is 17.4. The van der Waals surface area contributed by atoms with E-state index in [9.17, 15) is 58.2 Å². The lowest BCUT2D eigenvalue weighted by Crippen LogP contribution is -2.60. The number of rotatable bonds is 15. The maximum Gasteiger partial charge on any atom is 0.326 e. The van der Waals surface area contributed by atoms with Crippen LogP contribution in [0.3, 0.4) is 0 Å². The van der Waals surface area contributed by atoms with Gasteiger partial charge in [-0.2, -0.15) is 0 Å². The molecule has 0 bridgehead atoms. The number of aromatic nitrogens is 1. The van der Waals surface area contributed by atoms with Gasteiger partial charge in [0.1, 0.15) is 42.8 Å². The van der Waals surface area contributed by atoms with Crippen LogP contribution in [0, 0.1) is 0 Å².